The van der Waals surface area contributed by atoms with Gasteiger partial charge in [-0.05, 0) is 29.8 Å². The molecule has 0 radical (unpaired) electrons. The fourth-order valence-electron chi connectivity index (χ4n) is 1.93. The van der Waals surface area contributed by atoms with Gasteiger partial charge in [-0.15, -0.1) is 0 Å². The van der Waals surface area contributed by atoms with Gasteiger partial charge in [0.1, 0.15) is 6.54 Å². The number of halogens is 1. The van der Waals surface area contributed by atoms with E-state index in [0.29, 0.717) is 17.3 Å². The molecule has 114 valence electrons. The fourth-order valence-corrected chi connectivity index (χ4v) is 2.05. The Labute approximate surface area is 132 Å². The smallest absolute Gasteiger partial charge is 0.279 e. The number of benzene rings is 2. The van der Waals surface area contributed by atoms with Crippen LogP contribution < -0.4 is 15.7 Å². The van der Waals surface area contributed by atoms with Crippen molar-refractivity contribution in [3.63, 3.8) is 0 Å². The number of nitrogens with two attached hydrogens (primary N) is 1. The van der Waals surface area contributed by atoms with Crippen molar-refractivity contribution in [1.82, 2.24) is 0 Å². The van der Waals surface area contributed by atoms with E-state index in [1.165, 1.54) is 12.1 Å². The Morgan fingerprint density at radius 1 is 1.14 bits per heavy atom. The first-order chi connectivity index (χ1) is 10.5. The normalized spacial score (nSPS) is 10.2. The van der Waals surface area contributed by atoms with Crippen LogP contribution in [-0.2, 0) is 11.3 Å². The van der Waals surface area contributed by atoms with Crippen LogP contribution in [0.25, 0.3) is 0 Å². The number of anilines is 1. The minimum atomic E-state index is -1.27. The molecule has 2 aromatic carbocycles. The van der Waals surface area contributed by atoms with Gasteiger partial charge in [-0.3, -0.25) is 4.79 Å². The lowest BCUT2D eigenvalue weighted by Crippen LogP contribution is -2.84. The Bertz CT molecular complexity index is 671. The first kappa shape index (κ1) is 16.0. The van der Waals surface area contributed by atoms with Crippen molar-refractivity contribution < 1.29 is 20.0 Å². The monoisotopic (exact) mass is 318 g/mol. The van der Waals surface area contributed by atoms with Crippen molar-refractivity contribution in [3.05, 3.63) is 64.7 Å². The second-order valence-corrected chi connectivity index (χ2v) is 5.18. The summed E-state index contributed by atoms with van der Waals surface area (Å²) in [6.45, 7) is 0.891. The van der Waals surface area contributed by atoms with Crippen LogP contribution in [0.5, 0.6) is 0 Å². The third kappa shape index (κ3) is 4.87. The van der Waals surface area contributed by atoms with Crippen molar-refractivity contribution in [2.45, 2.75) is 6.54 Å². The zero-order valence-corrected chi connectivity index (χ0v) is 12.5. The van der Waals surface area contributed by atoms with Crippen LogP contribution in [0.15, 0.2) is 48.5 Å². The predicted octanol–water partition coefficient (Wildman–Crippen LogP) is 0.406. The number of hydrogen-bond donors (Lipinski definition) is 2. The molecule has 0 aliphatic rings. The molecule has 3 N–H and O–H groups in total. The minimum absolute atomic E-state index is 0.0305. The average Bonchev–Trinajstić information content (AvgIpc) is 2.49. The van der Waals surface area contributed by atoms with Crippen molar-refractivity contribution in [1.29, 1.82) is 0 Å². The van der Waals surface area contributed by atoms with E-state index in [1.807, 2.05) is 17.4 Å². The predicted molar refractivity (Wildman–Crippen MR) is 81.4 cm³/mol. The molecule has 0 atom stereocenters. The molecule has 1 amide bonds. The van der Waals surface area contributed by atoms with Gasteiger partial charge in [0, 0.05) is 16.3 Å². The van der Waals surface area contributed by atoms with Gasteiger partial charge < -0.3 is 20.5 Å². The number of aromatic carboxylic acids is 1. The maximum Gasteiger partial charge on any atom is 0.279 e. The van der Waals surface area contributed by atoms with Gasteiger partial charge in [-0.25, -0.2) is 0 Å². The SMILES string of the molecule is O=C(C[NH2+]Cc1ccc(Cl)cc1)Nc1cccc(C(=O)[O-])c1. The van der Waals surface area contributed by atoms with Crippen LogP contribution in [0, 0.1) is 0 Å². The summed E-state index contributed by atoms with van der Waals surface area (Å²) in [6.07, 6.45) is 0. The second-order valence-electron chi connectivity index (χ2n) is 4.74. The topological polar surface area (TPSA) is 85.8 Å². The second kappa shape index (κ2) is 7.59. The largest absolute Gasteiger partial charge is 0.545 e. The number of nitrogens with one attached hydrogen (secondary N) is 1. The van der Waals surface area contributed by atoms with Crippen LogP contribution in [0.3, 0.4) is 0 Å². The molecule has 2 aromatic rings. The van der Waals surface area contributed by atoms with Crippen LogP contribution in [0.1, 0.15) is 15.9 Å². The molecule has 0 aliphatic carbocycles. The molecule has 0 unspecified atom stereocenters. The Hall–Kier alpha value is -2.37. The average molecular weight is 319 g/mol. The number of hydrogen-bond acceptors (Lipinski definition) is 3. The van der Waals surface area contributed by atoms with E-state index in [4.69, 9.17) is 11.6 Å². The fraction of sp³-hybridized carbons (Fsp3) is 0.125. The Morgan fingerprint density at radius 3 is 2.55 bits per heavy atom. The molecule has 0 fully saturated rings. The molecular weight excluding hydrogens is 304 g/mol. The molecule has 0 saturated heterocycles. The van der Waals surface area contributed by atoms with E-state index in [2.05, 4.69) is 5.32 Å². The van der Waals surface area contributed by atoms with E-state index in [0.717, 1.165) is 5.56 Å². The van der Waals surface area contributed by atoms with Crippen molar-refractivity contribution in [3.8, 4) is 0 Å². The molecule has 0 bridgehead atoms. The van der Waals surface area contributed by atoms with Crippen molar-refractivity contribution in [2.24, 2.45) is 0 Å². The molecule has 6 heteroatoms. The number of quaternary nitrogens is 1. The molecular formula is C16H15ClN2O3. The standard InChI is InChI=1S/C16H15ClN2O3/c17-13-6-4-11(5-7-13)9-18-10-15(20)19-14-3-1-2-12(8-14)16(21)22/h1-8,18H,9-10H2,(H,19,20)(H,21,22). The zero-order valence-electron chi connectivity index (χ0n) is 11.7. The van der Waals surface area contributed by atoms with Crippen LogP contribution in [0.2, 0.25) is 5.02 Å². The number of carboxylic acids is 1. The summed E-state index contributed by atoms with van der Waals surface area (Å²) in [7, 11) is 0. The summed E-state index contributed by atoms with van der Waals surface area (Å²) in [5.41, 5.74) is 1.53. The third-order valence-electron chi connectivity index (χ3n) is 3.01. The molecule has 0 saturated carbocycles. The lowest BCUT2D eigenvalue weighted by atomic mass is 10.2. The first-order valence-electron chi connectivity index (χ1n) is 6.72. The summed E-state index contributed by atoms with van der Waals surface area (Å²) < 4.78 is 0. The summed E-state index contributed by atoms with van der Waals surface area (Å²) >= 11 is 5.80. The molecule has 22 heavy (non-hydrogen) atoms. The number of carbonyl (C=O) groups excluding carboxylic acids is 2. The van der Waals surface area contributed by atoms with E-state index in [1.54, 1.807) is 24.3 Å². The van der Waals surface area contributed by atoms with E-state index >= 15 is 0 Å². The van der Waals surface area contributed by atoms with Gasteiger partial charge in [-0.2, -0.15) is 0 Å². The molecule has 0 aliphatic heterocycles. The third-order valence-corrected chi connectivity index (χ3v) is 3.26. The van der Waals surface area contributed by atoms with Gasteiger partial charge >= 0.3 is 0 Å². The van der Waals surface area contributed by atoms with Crippen LogP contribution in [0.4, 0.5) is 5.69 Å². The molecule has 0 aromatic heterocycles. The Morgan fingerprint density at radius 2 is 1.86 bits per heavy atom. The maximum absolute atomic E-state index is 11.8. The zero-order chi connectivity index (χ0) is 15.9. The number of carbonyl (C=O) groups is 2. The van der Waals surface area contributed by atoms with Gasteiger partial charge in [-0.1, -0.05) is 35.9 Å². The summed E-state index contributed by atoms with van der Waals surface area (Å²) in [5.74, 6) is -1.48. The molecule has 5 nitrogen and oxygen atoms in total. The maximum atomic E-state index is 11.8. The van der Waals surface area contributed by atoms with Gasteiger partial charge in [0.05, 0.1) is 5.97 Å². The van der Waals surface area contributed by atoms with E-state index in [-0.39, 0.29) is 18.0 Å². The summed E-state index contributed by atoms with van der Waals surface area (Å²) in [4.78, 5) is 22.6. The Kier molecular flexibility index (Phi) is 5.52. The van der Waals surface area contributed by atoms with Crippen LogP contribution >= 0.6 is 11.6 Å². The minimum Gasteiger partial charge on any atom is -0.545 e. The van der Waals surface area contributed by atoms with Crippen molar-refractivity contribution >= 4 is 29.2 Å². The van der Waals surface area contributed by atoms with Crippen LogP contribution in [-0.4, -0.2) is 18.4 Å². The van der Waals surface area contributed by atoms with E-state index < -0.39 is 5.97 Å². The number of carboxylic acid groups (broad SMARTS) is 1. The lowest BCUT2D eigenvalue weighted by Gasteiger charge is -2.07. The highest BCUT2D eigenvalue weighted by Crippen LogP contribution is 2.10. The quantitative estimate of drug-likeness (QED) is 0.808. The number of rotatable bonds is 6. The first-order valence-corrected chi connectivity index (χ1v) is 7.10. The lowest BCUT2D eigenvalue weighted by molar-refractivity contribution is -0.659. The number of amides is 1. The molecule has 2 rings (SSSR count). The van der Waals surface area contributed by atoms with Gasteiger partial charge in [0.25, 0.3) is 5.91 Å². The molecule has 0 spiro atoms. The van der Waals surface area contributed by atoms with Crippen molar-refractivity contribution in [2.75, 3.05) is 11.9 Å². The highest BCUT2D eigenvalue weighted by atomic mass is 35.5. The molecule has 0 heterocycles. The highest BCUT2D eigenvalue weighted by molar-refractivity contribution is 6.30. The van der Waals surface area contributed by atoms with Gasteiger partial charge in [0.15, 0.2) is 6.54 Å². The summed E-state index contributed by atoms with van der Waals surface area (Å²) in [5, 5.41) is 15.9. The summed E-state index contributed by atoms with van der Waals surface area (Å²) in [6, 6.07) is 13.4. The van der Waals surface area contributed by atoms with Gasteiger partial charge in [0.2, 0.25) is 0 Å². The van der Waals surface area contributed by atoms with E-state index in [9.17, 15) is 14.7 Å². The Balaban J connectivity index is 1.81. The highest BCUT2D eigenvalue weighted by Gasteiger charge is 2.05.